The molecule has 15 heavy (non-hydrogen) atoms. The molecular formula is C9H7BrN2O3. The Hall–Kier alpha value is -1.40. The fraction of sp³-hybridized carbons (Fsp3) is 0.111. The van der Waals surface area contributed by atoms with E-state index in [0.717, 1.165) is 0 Å². The van der Waals surface area contributed by atoms with Crippen LogP contribution in [0, 0.1) is 0 Å². The fourth-order valence-electron chi connectivity index (χ4n) is 1.38. The van der Waals surface area contributed by atoms with Crippen LogP contribution in [0.3, 0.4) is 0 Å². The highest BCUT2D eigenvalue weighted by Crippen LogP contribution is 2.24. The van der Waals surface area contributed by atoms with Crippen LogP contribution >= 0.6 is 15.9 Å². The van der Waals surface area contributed by atoms with E-state index in [1.54, 1.807) is 12.1 Å². The normalized spacial score (nSPS) is 12.9. The Morgan fingerprint density at radius 3 is 2.93 bits per heavy atom. The highest BCUT2D eigenvalue weighted by molar-refractivity contribution is 9.10. The molecule has 1 heterocycles. The maximum atomic E-state index is 10.7. The lowest BCUT2D eigenvalue weighted by Crippen LogP contribution is -2.10. The second-order valence-electron chi connectivity index (χ2n) is 3.01. The van der Waals surface area contributed by atoms with E-state index < -0.39 is 12.1 Å². The summed E-state index contributed by atoms with van der Waals surface area (Å²) >= 11 is 3.15. The van der Waals surface area contributed by atoms with Gasteiger partial charge in [0.05, 0.1) is 11.0 Å². The van der Waals surface area contributed by atoms with Gasteiger partial charge in [-0.15, -0.1) is 0 Å². The van der Waals surface area contributed by atoms with Crippen molar-refractivity contribution in [2.45, 2.75) is 6.10 Å². The number of aromatic amines is 1. The number of hydrogen-bond acceptors (Lipinski definition) is 3. The van der Waals surface area contributed by atoms with Crippen molar-refractivity contribution in [3.05, 3.63) is 28.5 Å². The number of nitrogens with zero attached hydrogens (tertiary/aromatic N) is 1. The molecule has 0 fully saturated rings. The predicted octanol–water partition coefficient (Wildman–Crippen LogP) is 1.44. The van der Waals surface area contributed by atoms with Crippen LogP contribution in [0.1, 0.15) is 11.7 Å². The molecule has 1 atom stereocenters. The average Bonchev–Trinajstić information content (AvgIpc) is 2.56. The molecule has 5 nitrogen and oxygen atoms in total. The number of carboxylic acid groups (broad SMARTS) is 1. The minimum absolute atomic E-state index is 0.280. The number of aliphatic carboxylic acids is 1. The number of H-pyrrole nitrogens is 1. The smallest absolute Gasteiger partial charge is 0.337 e. The number of carboxylic acids is 1. The van der Waals surface area contributed by atoms with E-state index in [2.05, 4.69) is 25.9 Å². The number of aromatic nitrogens is 2. The van der Waals surface area contributed by atoms with E-state index in [9.17, 15) is 9.90 Å². The molecule has 78 valence electrons. The minimum atomic E-state index is -1.55. The summed E-state index contributed by atoms with van der Waals surface area (Å²) in [7, 11) is 0. The first-order chi connectivity index (χ1) is 7.09. The summed E-state index contributed by atoms with van der Waals surface area (Å²) in [5.41, 5.74) is 1.42. The Labute approximate surface area is 92.9 Å². The molecule has 0 spiro atoms. The highest BCUT2D eigenvalue weighted by Gasteiger charge is 2.19. The monoisotopic (exact) mass is 270 g/mol. The predicted molar refractivity (Wildman–Crippen MR) is 56.4 cm³/mol. The molecule has 1 aromatic heterocycles. The van der Waals surface area contributed by atoms with Crippen LogP contribution in [-0.2, 0) is 4.79 Å². The Bertz CT molecular complexity index is 523. The number of aliphatic hydroxyl groups excluding tert-OH is 1. The van der Waals surface area contributed by atoms with Crippen molar-refractivity contribution in [1.29, 1.82) is 0 Å². The van der Waals surface area contributed by atoms with E-state index in [1.165, 1.54) is 6.07 Å². The topological polar surface area (TPSA) is 86.2 Å². The van der Waals surface area contributed by atoms with Gasteiger partial charge in [0.15, 0.2) is 10.8 Å². The van der Waals surface area contributed by atoms with Crippen LogP contribution < -0.4 is 0 Å². The molecule has 1 aromatic carbocycles. The van der Waals surface area contributed by atoms with Gasteiger partial charge in [0.1, 0.15) is 0 Å². The lowest BCUT2D eigenvalue weighted by molar-refractivity contribution is -0.146. The average molecular weight is 271 g/mol. The first-order valence-corrected chi connectivity index (χ1v) is 4.94. The van der Waals surface area contributed by atoms with Crippen molar-refractivity contribution < 1.29 is 15.0 Å². The third-order valence-electron chi connectivity index (χ3n) is 2.04. The lowest BCUT2D eigenvalue weighted by Gasteiger charge is -2.05. The highest BCUT2D eigenvalue weighted by atomic mass is 79.9. The second-order valence-corrected chi connectivity index (χ2v) is 3.76. The molecule has 2 rings (SSSR count). The number of para-hydroxylation sites is 1. The van der Waals surface area contributed by atoms with Gasteiger partial charge >= 0.3 is 5.97 Å². The number of hydrogen-bond donors (Lipinski definition) is 3. The number of rotatable bonds is 2. The van der Waals surface area contributed by atoms with Gasteiger partial charge in [-0.1, -0.05) is 12.1 Å². The maximum absolute atomic E-state index is 10.7. The molecule has 1 unspecified atom stereocenters. The third-order valence-corrected chi connectivity index (χ3v) is 2.42. The van der Waals surface area contributed by atoms with E-state index in [0.29, 0.717) is 15.8 Å². The van der Waals surface area contributed by atoms with E-state index in [4.69, 9.17) is 5.11 Å². The molecule has 0 saturated carbocycles. The molecule has 0 bridgehead atoms. The Balaban J connectivity index is 2.64. The molecule has 0 saturated heterocycles. The van der Waals surface area contributed by atoms with Crippen LogP contribution in [0.5, 0.6) is 0 Å². The summed E-state index contributed by atoms with van der Waals surface area (Å²) in [6.07, 6.45) is -1.55. The third kappa shape index (κ3) is 1.73. The molecule has 0 amide bonds. The lowest BCUT2D eigenvalue weighted by atomic mass is 10.1. The number of carbonyl (C=O) groups is 1. The van der Waals surface area contributed by atoms with E-state index in [1.807, 2.05) is 0 Å². The van der Waals surface area contributed by atoms with E-state index >= 15 is 0 Å². The van der Waals surface area contributed by atoms with Gasteiger partial charge in [-0.05, 0) is 22.0 Å². The molecule has 2 aromatic rings. The zero-order valence-electron chi connectivity index (χ0n) is 7.44. The summed E-state index contributed by atoms with van der Waals surface area (Å²) in [6, 6.07) is 4.95. The molecule has 0 aliphatic carbocycles. The number of benzene rings is 1. The minimum Gasteiger partial charge on any atom is -0.479 e. The number of fused-ring (bicyclic) bond motifs is 1. The van der Waals surface area contributed by atoms with Crippen molar-refractivity contribution in [1.82, 2.24) is 9.97 Å². The van der Waals surface area contributed by atoms with Gasteiger partial charge in [-0.3, -0.25) is 0 Å². The zero-order valence-corrected chi connectivity index (χ0v) is 9.02. The molecule has 0 aliphatic rings. The summed E-state index contributed by atoms with van der Waals surface area (Å²) in [4.78, 5) is 17.6. The summed E-state index contributed by atoms with van der Waals surface area (Å²) in [6.45, 7) is 0. The van der Waals surface area contributed by atoms with Crippen LogP contribution in [0.2, 0.25) is 0 Å². The van der Waals surface area contributed by atoms with Crippen molar-refractivity contribution in [2.75, 3.05) is 0 Å². The largest absolute Gasteiger partial charge is 0.479 e. The van der Waals surface area contributed by atoms with Gasteiger partial charge in [-0.25, -0.2) is 9.78 Å². The van der Waals surface area contributed by atoms with Gasteiger partial charge < -0.3 is 15.2 Å². The van der Waals surface area contributed by atoms with Gasteiger partial charge in [0.25, 0.3) is 0 Å². The van der Waals surface area contributed by atoms with Crippen LogP contribution in [0.4, 0.5) is 0 Å². The summed E-state index contributed by atoms with van der Waals surface area (Å²) < 4.78 is 0.502. The quantitative estimate of drug-likeness (QED) is 0.771. The summed E-state index contributed by atoms with van der Waals surface area (Å²) in [5.74, 6) is -1.29. The van der Waals surface area contributed by atoms with Gasteiger partial charge in [0, 0.05) is 5.56 Å². The number of halogens is 1. The molecule has 0 radical (unpaired) electrons. The van der Waals surface area contributed by atoms with Crippen molar-refractivity contribution in [3.8, 4) is 0 Å². The second kappa shape index (κ2) is 3.63. The molecule has 3 N–H and O–H groups in total. The first-order valence-electron chi connectivity index (χ1n) is 4.14. The van der Waals surface area contributed by atoms with Gasteiger partial charge in [-0.2, -0.15) is 0 Å². The van der Waals surface area contributed by atoms with Crippen molar-refractivity contribution in [2.24, 2.45) is 0 Å². The molecule has 6 heteroatoms. The first kappa shape index (κ1) is 10.1. The number of nitrogens with one attached hydrogen (secondary N) is 1. The molecular weight excluding hydrogens is 264 g/mol. The zero-order chi connectivity index (χ0) is 11.0. The van der Waals surface area contributed by atoms with Crippen LogP contribution in [0.25, 0.3) is 11.0 Å². The number of imidazole rings is 1. The van der Waals surface area contributed by atoms with Crippen LogP contribution in [-0.4, -0.2) is 26.2 Å². The maximum Gasteiger partial charge on any atom is 0.337 e. The molecule has 0 aliphatic heterocycles. The van der Waals surface area contributed by atoms with Crippen molar-refractivity contribution >= 4 is 32.9 Å². The Morgan fingerprint density at radius 2 is 2.27 bits per heavy atom. The SMILES string of the molecule is O=C(O)C(O)c1cccc2[nH]c(Br)nc12. The number of aliphatic hydroxyl groups is 1. The standard InChI is InChI=1S/C9H7BrN2O3/c10-9-11-5-3-1-2-4(6(5)12-9)7(13)8(14)15/h1-3,7,13H,(H,11,12)(H,14,15). The van der Waals surface area contributed by atoms with E-state index in [-0.39, 0.29) is 5.56 Å². The Kier molecular flexibility index (Phi) is 2.45. The van der Waals surface area contributed by atoms with Crippen molar-refractivity contribution in [3.63, 3.8) is 0 Å². The Morgan fingerprint density at radius 1 is 1.53 bits per heavy atom. The van der Waals surface area contributed by atoms with Crippen LogP contribution in [0.15, 0.2) is 22.9 Å². The fourth-order valence-corrected chi connectivity index (χ4v) is 1.77. The summed E-state index contributed by atoms with van der Waals surface area (Å²) in [5, 5.41) is 18.1. The van der Waals surface area contributed by atoms with Gasteiger partial charge in [0.2, 0.25) is 0 Å².